The van der Waals surface area contributed by atoms with Gasteiger partial charge < -0.3 is 5.32 Å². The van der Waals surface area contributed by atoms with Gasteiger partial charge in [0, 0.05) is 4.47 Å². The van der Waals surface area contributed by atoms with E-state index in [4.69, 9.17) is 23.2 Å². The van der Waals surface area contributed by atoms with Crippen molar-refractivity contribution in [3.8, 4) is 0 Å². The molecule has 1 unspecified atom stereocenters. The maximum atomic E-state index is 6.10. The minimum absolute atomic E-state index is 0.118. The fraction of sp³-hybridized carbons (Fsp3) is 0.200. The van der Waals surface area contributed by atoms with E-state index in [1.807, 2.05) is 30.3 Å². The summed E-state index contributed by atoms with van der Waals surface area (Å²) in [5.41, 5.74) is 2.31. The van der Waals surface area contributed by atoms with Gasteiger partial charge in [0.1, 0.15) is 0 Å². The molecule has 0 aromatic heterocycles. The van der Waals surface area contributed by atoms with Crippen LogP contribution >= 0.6 is 39.1 Å². The number of halogens is 3. The minimum Gasteiger partial charge on any atom is -0.307 e. The molecule has 0 heterocycles. The first-order chi connectivity index (χ1) is 9.11. The molecule has 100 valence electrons. The van der Waals surface area contributed by atoms with E-state index in [2.05, 4.69) is 40.3 Å². The average Bonchev–Trinajstić information content (AvgIpc) is 2.41. The molecule has 0 fully saturated rings. The van der Waals surface area contributed by atoms with Crippen LogP contribution in [0.4, 0.5) is 0 Å². The van der Waals surface area contributed by atoms with Gasteiger partial charge in [0.15, 0.2) is 0 Å². The minimum atomic E-state index is 0.118. The van der Waals surface area contributed by atoms with Crippen molar-refractivity contribution < 1.29 is 0 Å². The lowest BCUT2D eigenvalue weighted by atomic mass is 9.99. The van der Waals surface area contributed by atoms with Crippen LogP contribution in [-0.4, -0.2) is 6.54 Å². The van der Waals surface area contributed by atoms with E-state index in [-0.39, 0.29) is 6.04 Å². The van der Waals surface area contributed by atoms with Crippen LogP contribution < -0.4 is 5.32 Å². The Labute approximate surface area is 132 Å². The molecule has 2 aromatic rings. The van der Waals surface area contributed by atoms with E-state index < -0.39 is 0 Å². The van der Waals surface area contributed by atoms with Crippen LogP contribution in [0.15, 0.2) is 46.9 Å². The maximum absolute atomic E-state index is 6.10. The van der Waals surface area contributed by atoms with Gasteiger partial charge >= 0.3 is 0 Å². The Kier molecular flexibility index (Phi) is 5.28. The molecule has 4 heteroatoms. The van der Waals surface area contributed by atoms with Gasteiger partial charge in [-0.05, 0) is 41.9 Å². The first-order valence-corrected chi connectivity index (χ1v) is 7.60. The van der Waals surface area contributed by atoms with E-state index in [1.165, 1.54) is 5.56 Å². The second-order valence-electron chi connectivity index (χ2n) is 4.22. The van der Waals surface area contributed by atoms with Crippen molar-refractivity contribution in [2.75, 3.05) is 6.54 Å². The van der Waals surface area contributed by atoms with Crippen LogP contribution in [0.5, 0.6) is 0 Å². The van der Waals surface area contributed by atoms with Crippen LogP contribution in [0.2, 0.25) is 10.0 Å². The molecule has 0 aliphatic carbocycles. The van der Waals surface area contributed by atoms with Crippen molar-refractivity contribution in [2.24, 2.45) is 0 Å². The molecular formula is C15H14BrCl2N. The monoisotopic (exact) mass is 357 g/mol. The van der Waals surface area contributed by atoms with Crippen molar-refractivity contribution in [1.82, 2.24) is 5.32 Å². The van der Waals surface area contributed by atoms with E-state index in [0.29, 0.717) is 10.0 Å². The third-order valence-electron chi connectivity index (χ3n) is 2.89. The quantitative estimate of drug-likeness (QED) is 0.765. The molecule has 2 aromatic carbocycles. The first kappa shape index (κ1) is 14.9. The van der Waals surface area contributed by atoms with Gasteiger partial charge in [-0.25, -0.2) is 0 Å². The molecule has 0 spiro atoms. The number of nitrogens with one attached hydrogen (secondary N) is 1. The molecule has 0 aliphatic heterocycles. The maximum Gasteiger partial charge on any atom is 0.0595 e. The zero-order valence-electron chi connectivity index (χ0n) is 10.5. The summed E-state index contributed by atoms with van der Waals surface area (Å²) < 4.78 is 1.07. The molecule has 0 amide bonds. The largest absolute Gasteiger partial charge is 0.307 e. The summed E-state index contributed by atoms with van der Waals surface area (Å²) in [4.78, 5) is 0. The highest BCUT2D eigenvalue weighted by atomic mass is 79.9. The summed E-state index contributed by atoms with van der Waals surface area (Å²) in [5, 5.41) is 4.63. The Morgan fingerprint density at radius 3 is 2.21 bits per heavy atom. The number of hydrogen-bond acceptors (Lipinski definition) is 1. The molecule has 0 bridgehead atoms. The topological polar surface area (TPSA) is 12.0 Å². The molecule has 1 N–H and O–H groups in total. The lowest BCUT2D eigenvalue weighted by Gasteiger charge is -2.19. The third-order valence-corrected chi connectivity index (χ3v) is 4.16. The Bertz CT molecular complexity index is 555. The number of hydrogen-bond donors (Lipinski definition) is 1. The molecule has 0 saturated carbocycles. The average molecular weight is 359 g/mol. The van der Waals surface area contributed by atoms with Crippen molar-refractivity contribution in [2.45, 2.75) is 13.0 Å². The SMILES string of the molecule is CCNC(c1ccc(Br)cc1)c1ccc(Cl)c(Cl)c1. The third kappa shape index (κ3) is 3.73. The highest BCUT2D eigenvalue weighted by molar-refractivity contribution is 9.10. The van der Waals surface area contributed by atoms with Gasteiger partial charge in [0.05, 0.1) is 16.1 Å². The highest BCUT2D eigenvalue weighted by Gasteiger charge is 2.14. The highest BCUT2D eigenvalue weighted by Crippen LogP contribution is 2.29. The second kappa shape index (κ2) is 6.76. The summed E-state index contributed by atoms with van der Waals surface area (Å²) >= 11 is 15.5. The van der Waals surface area contributed by atoms with Crippen molar-refractivity contribution in [1.29, 1.82) is 0 Å². The Hall–Kier alpha value is -0.540. The predicted octanol–water partition coefficient (Wildman–Crippen LogP) is 5.45. The van der Waals surface area contributed by atoms with Crippen molar-refractivity contribution in [3.05, 3.63) is 68.1 Å². The van der Waals surface area contributed by atoms with Crippen LogP contribution in [0, 0.1) is 0 Å². The Morgan fingerprint density at radius 2 is 1.63 bits per heavy atom. The van der Waals surface area contributed by atoms with Gasteiger partial charge in [0.25, 0.3) is 0 Å². The van der Waals surface area contributed by atoms with Gasteiger partial charge in [-0.15, -0.1) is 0 Å². The van der Waals surface area contributed by atoms with Crippen molar-refractivity contribution in [3.63, 3.8) is 0 Å². The fourth-order valence-corrected chi connectivity index (χ4v) is 2.55. The van der Waals surface area contributed by atoms with Crippen LogP contribution in [0.3, 0.4) is 0 Å². The van der Waals surface area contributed by atoms with Crippen LogP contribution in [0.25, 0.3) is 0 Å². The lowest BCUT2D eigenvalue weighted by molar-refractivity contribution is 0.630. The first-order valence-electron chi connectivity index (χ1n) is 6.05. The second-order valence-corrected chi connectivity index (χ2v) is 5.95. The lowest BCUT2D eigenvalue weighted by Crippen LogP contribution is -2.21. The summed E-state index contributed by atoms with van der Waals surface area (Å²) in [5.74, 6) is 0. The van der Waals surface area contributed by atoms with Gasteiger partial charge in [-0.2, -0.15) is 0 Å². The molecule has 0 radical (unpaired) electrons. The number of rotatable bonds is 4. The molecule has 0 aliphatic rings. The van der Waals surface area contributed by atoms with Gasteiger partial charge in [0.2, 0.25) is 0 Å². The molecular weight excluding hydrogens is 345 g/mol. The fourth-order valence-electron chi connectivity index (χ4n) is 1.98. The van der Waals surface area contributed by atoms with Gasteiger partial charge in [-0.1, -0.05) is 64.3 Å². The van der Waals surface area contributed by atoms with Crippen LogP contribution in [0.1, 0.15) is 24.1 Å². The van der Waals surface area contributed by atoms with E-state index in [1.54, 1.807) is 0 Å². The summed E-state index contributed by atoms with van der Waals surface area (Å²) in [6, 6.07) is 14.1. The molecule has 1 atom stereocenters. The van der Waals surface area contributed by atoms with E-state index >= 15 is 0 Å². The summed E-state index contributed by atoms with van der Waals surface area (Å²) in [7, 11) is 0. The molecule has 0 saturated heterocycles. The Balaban J connectivity index is 2.38. The van der Waals surface area contributed by atoms with Crippen molar-refractivity contribution >= 4 is 39.1 Å². The van der Waals surface area contributed by atoms with E-state index in [9.17, 15) is 0 Å². The predicted molar refractivity (Wildman–Crippen MR) is 86.1 cm³/mol. The van der Waals surface area contributed by atoms with E-state index in [0.717, 1.165) is 16.6 Å². The summed E-state index contributed by atoms with van der Waals surface area (Å²) in [6.07, 6.45) is 0. The standard InChI is InChI=1S/C15H14BrCl2N/c1-2-19-15(10-3-6-12(16)7-4-10)11-5-8-13(17)14(18)9-11/h3-9,15,19H,2H2,1H3. The Morgan fingerprint density at radius 1 is 1.00 bits per heavy atom. The number of benzene rings is 2. The molecule has 19 heavy (non-hydrogen) atoms. The van der Waals surface area contributed by atoms with Gasteiger partial charge in [-0.3, -0.25) is 0 Å². The summed E-state index contributed by atoms with van der Waals surface area (Å²) in [6.45, 7) is 2.96. The normalized spacial score (nSPS) is 12.4. The molecule has 2 rings (SSSR count). The zero-order chi connectivity index (χ0) is 13.8. The van der Waals surface area contributed by atoms with Crippen LogP contribution in [-0.2, 0) is 0 Å². The molecule has 1 nitrogen and oxygen atoms in total. The smallest absolute Gasteiger partial charge is 0.0595 e. The zero-order valence-corrected chi connectivity index (χ0v) is 13.6.